The van der Waals surface area contributed by atoms with Gasteiger partial charge in [-0.3, -0.25) is 4.98 Å². The van der Waals surface area contributed by atoms with Crippen molar-refractivity contribution < 1.29 is 0 Å². The first-order valence-corrected chi connectivity index (χ1v) is 7.73. The predicted octanol–water partition coefficient (Wildman–Crippen LogP) is 2.29. The van der Waals surface area contributed by atoms with Crippen molar-refractivity contribution in [2.45, 2.75) is 26.3 Å². The Hall–Kier alpha value is -1.13. The van der Waals surface area contributed by atoms with Crippen LogP contribution in [0.3, 0.4) is 0 Å². The third-order valence-electron chi connectivity index (χ3n) is 3.89. The minimum absolute atomic E-state index is 0.811. The molecule has 0 amide bonds. The maximum Gasteiger partial charge on any atom is 0.0564 e. The zero-order valence-electron chi connectivity index (χ0n) is 13.1. The summed E-state index contributed by atoms with van der Waals surface area (Å²) in [7, 11) is 4.41. The first-order valence-electron chi connectivity index (χ1n) is 7.73. The van der Waals surface area contributed by atoms with Crippen molar-refractivity contribution in [3.63, 3.8) is 0 Å². The summed E-state index contributed by atoms with van der Waals surface area (Å²) >= 11 is 0. The first-order chi connectivity index (χ1) is 9.67. The number of hydrogen-bond donors (Lipinski definition) is 1. The molecule has 1 unspecified atom stereocenters. The van der Waals surface area contributed by atoms with E-state index in [1.807, 2.05) is 12.3 Å². The molecule has 1 saturated heterocycles. The molecule has 0 saturated carbocycles. The van der Waals surface area contributed by atoms with Gasteiger partial charge in [-0.1, -0.05) is 6.92 Å². The van der Waals surface area contributed by atoms with E-state index in [4.69, 9.17) is 0 Å². The lowest BCUT2D eigenvalue weighted by molar-refractivity contribution is 0.265. The third-order valence-corrected chi connectivity index (χ3v) is 3.89. The lowest BCUT2D eigenvalue weighted by Gasteiger charge is -2.20. The molecular formula is C16H28N4. The predicted molar refractivity (Wildman–Crippen MR) is 85.0 cm³/mol. The lowest BCUT2D eigenvalue weighted by atomic mass is 10.1. The van der Waals surface area contributed by atoms with Gasteiger partial charge in [0.25, 0.3) is 0 Å². The summed E-state index contributed by atoms with van der Waals surface area (Å²) in [6.45, 7) is 7.78. The largest absolute Gasteiger partial charge is 0.385 e. The molecule has 2 rings (SSSR count). The molecule has 1 aliphatic rings. The highest BCUT2D eigenvalue weighted by Crippen LogP contribution is 2.16. The van der Waals surface area contributed by atoms with Crippen LogP contribution < -0.4 is 5.32 Å². The van der Waals surface area contributed by atoms with E-state index in [1.165, 1.54) is 31.7 Å². The molecule has 0 radical (unpaired) electrons. The number of nitrogens with one attached hydrogen (secondary N) is 1. The van der Waals surface area contributed by atoms with Crippen molar-refractivity contribution in [3.05, 3.63) is 24.0 Å². The number of likely N-dealkylation sites (tertiary alicyclic amines) is 1. The Bertz CT molecular complexity index is 407. The molecule has 4 nitrogen and oxygen atoms in total. The Morgan fingerprint density at radius 2 is 2.35 bits per heavy atom. The second-order valence-corrected chi connectivity index (χ2v) is 6.08. The van der Waals surface area contributed by atoms with E-state index < -0.39 is 0 Å². The zero-order chi connectivity index (χ0) is 14.4. The maximum atomic E-state index is 4.48. The summed E-state index contributed by atoms with van der Waals surface area (Å²) in [6, 6.07) is 4.22. The maximum absolute atomic E-state index is 4.48. The quantitative estimate of drug-likeness (QED) is 0.828. The number of hydrogen-bond acceptors (Lipinski definition) is 4. The van der Waals surface area contributed by atoms with Gasteiger partial charge in [0, 0.05) is 38.1 Å². The Morgan fingerprint density at radius 3 is 3.05 bits per heavy atom. The van der Waals surface area contributed by atoms with E-state index in [0.29, 0.717) is 0 Å². The zero-order valence-corrected chi connectivity index (χ0v) is 13.1. The van der Waals surface area contributed by atoms with Crippen LogP contribution in [0, 0.1) is 5.92 Å². The Kier molecular flexibility index (Phi) is 5.80. The highest BCUT2D eigenvalue weighted by Gasteiger charge is 2.20. The number of nitrogens with zero attached hydrogens (tertiary/aromatic N) is 3. The molecule has 1 aliphatic heterocycles. The lowest BCUT2D eigenvalue weighted by Crippen LogP contribution is -2.27. The first kappa shape index (κ1) is 15.3. The van der Waals surface area contributed by atoms with E-state index in [9.17, 15) is 0 Å². The normalized spacial score (nSPS) is 19.7. The molecular weight excluding hydrogens is 248 g/mol. The summed E-state index contributed by atoms with van der Waals surface area (Å²) in [5.74, 6) is 0.811. The standard InChI is InChI=1S/C16H28N4/c1-4-7-17-15-5-8-18-16(10-15)13-20(3)12-14-6-9-19(2)11-14/h5,8,10,14H,4,6-7,9,11-13H2,1-3H3,(H,17,18). The summed E-state index contributed by atoms with van der Waals surface area (Å²) in [5.41, 5.74) is 2.34. The van der Waals surface area contributed by atoms with Crippen LogP contribution in [0.4, 0.5) is 5.69 Å². The highest BCUT2D eigenvalue weighted by molar-refractivity contribution is 5.43. The fourth-order valence-corrected chi connectivity index (χ4v) is 2.90. The van der Waals surface area contributed by atoms with Crippen molar-refractivity contribution in [2.24, 2.45) is 5.92 Å². The van der Waals surface area contributed by atoms with Crippen molar-refractivity contribution in [1.29, 1.82) is 0 Å². The van der Waals surface area contributed by atoms with Crippen molar-refractivity contribution in [1.82, 2.24) is 14.8 Å². The van der Waals surface area contributed by atoms with Gasteiger partial charge < -0.3 is 15.1 Å². The average Bonchev–Trinajstić information content (AvgIpc) is 2.82. The van der Waals surface area contributed by atoms with Crippen LogP contribution in [0.2, 0.25) is 0 Å². The van der Waals surface area contributed by atoms with E-state index in [2.05, 4.69) is 47.2 Å². The van der Waals surface area contributed by atoms with Crippen LogP contribution in [0.25, 0.3) is 0 Å². The molecule has 1 fully saturated rings. The summed E-state index contributed by atoms with van der Waals surface area (Å²) in [4.78, 5) is 9.31. The SMILES string of the molecule is CCCNc1ccnc(CN(C)CC2CCN(C)C2)c1. The van der Waals surface area contributed by atoms with Gasteiger partial charge in [0.2, 0.25) is 0 Å². The van der Waals surface area contributed by atoms with Gasteiger partial charge in [0.05, 0.1) is 5.69 Å². The highest BCUT2D eigenvalue weighted by atomic mass is 15.2. The van der Waals surface area contributed by atoms with Crippen LogP contribution in [0.15, 0.2) is 18.3 Å². The van der Waals surface area contributed by atoms with Gasteiger partial charge in [0.15, 0.2) is 0 Å². The van der Waals surface area contributed by atoms with Gasteiger partial charge in [-0.05, 0) is 51.5 Å². The summed E-state index contributed by atoms with van der Waals surface area (Å²) < 4.78 is 0. The summed E-state index contributed by atoms with van der Waals surface area (Å²) in [6.07, 6.45) is 4.38. The van der Waals surface area contributed by atoms with Crippen molar-refractivity contribution >= 4 is 5.69 Å². The van der Waals surface area contributed by atoms with Crippen LogP contribution in [-0.4, -0.2) is 55.1 Å². The van der Waals surface area contributed by atoms with Crippen LogP contribution >= 0.6 is 0 Å². The second-order valence-electron chi connectivity index (χ2n) is 6.08. The van der Waals surface area contributed by atoms with Crippen molar-refractivity contribution in [3.8, 4) is 0 Å². The van der Waals surface area contributed by atoms with Gasteiger partial charge in [-0.25, -0.2) is 0 Å². The number of aromatic nitrogens is 1. The Balaban J connectivity index is 1.82. The van der Waals surface area contributed by atoms with E-state index in [1.54, 1.807) is 0 Å². The van der Waals surface area contributed by atoms with E-state index in [0.717, 1.165) is 31.1 Å². The van der Waals surface area contributed by atoms with E-state index in [-0.39, 0.29) is 0 Å². The number of rotatable bonds is 7. The fourth-order valence-electron chi connectivity index (χ4n) is 2.90. The number of anilines is 1. The number of pyridine rings is 1. The molecule has 0 spiro atoms. The average molecular weight is 276 g/mol. The van der Waals surface area contributed by atoms with Crippen LogP contribution in [0.5, 0.6) is 0 Å². The van der Waals surface area contributed by atoms with Gasteiger partial charge in [0.1, 0.15) is 0 Å². The molecule has 0 aliphatic carbocycles. The second kappa shape index (κ2) is 7.60. The molecule has 112 valence electrons. The van der Waals surface area contributed by atoms with Gasteiger partial charge in [-0.15, -0.1) is 0 Å². The van der Waals surface area contributed by atoms with Crippen LogP contribution in [-0.2, 0) is 6.54 Å². The van der Waals surface area contributed by atoms with Crippen LogP contribution in [0.1, 0.15) is 25.5 Å². The molecule has 2 heterocycles. The molecule has 1 N–H and O–H groups in total. The Morgan fingerprint density at radius 1 is 1.50 bits per heavy atom. The smallest absolute Gasteiger partial charge is 0.0564 e. The minimum atomic E-state index is 0.811. The summed E-state index contributed by atoms with van der Waals surface area (Å²) in [5, 5.41) is 3.42. The van der Waals surface area contributed by atoms with Crippen molar-refractivity contribution in [2.75, 3.05) is 45.6 Å². The molecule has 1 aromatic rings. The third kappa shape index (κ3) is 4.76. The molecule has 0 aromatic carbocycles. The topological polar surface area (TPSA) is 31.4 Å². The Labute approximate surface area is 123 Å². The van der Waals surface area contributed by atoms with Gasteiger partial charge in [-0.2, -0.15) is 0 Å². The van der Waals surface area contributed by atoms with E-state index >= 15 is 0 Å². The monoisotopic (exact) mass is 276 g/mol. The molecule has 1 aromatic heterocycles. The minimum Gasteiger partial charge on any atom is -0.385 e. The molecule has 1 atom stereocenters. The molecule has 4 heteroatoms. The fraction of sp³-hybridized carbons (Fsp3) is 0.688. The van der Waals surface area contributed by atoms with Gasteiger partial charge >= 0.3 is 0 Å². The molecule has 0 bridgehead atoms. The molecule has 20 heavy (non-hydrogen) atoms.